The highest BCUT2D eigenvalue weighted by molar-refractivity contribution is 7.18. The van der Waals surface area contributed by atoms with E-state index in [1.54, 1.807) is 11.3 Å². The lowest BCUT2D eigenvalue weighted by molar-refractivity contribution is 0.690. The Morgan fingerprint density at radius 1 is 1.00 bits per heavy atom. The van der Waals surface area contributed by atoms with Gasteiger partial charge >= 0.3 is 0 Å². The van der Waals surface area contributed by atoms with E-state index in [1.807, 2.05) is 6.07 Å². The van der Waals surface area contributed by atoms with Crippen LogP contribution in [0.1, 0.15) is 21.7 Å². The van der Waals surface area contributed by atoms with Gasteiger partial charge in [-0.25, -0.2) is 4.98 Å². The summed E-state index contributed by atoms with van der Waals surface area (Å²) in [5.74, 6) is 0. The predicted molar refractivity (Wildman–Crippen MR) is 86.1 cm³/mol. The molecule has 2 aromatic carbocycles. The number of thiazole rings is 1. The molecule has 0 aliphatic rings. The van der Waals surface area contributed by atoms with Crippen LogP contribution in [-0.2, 0) is 13.1 Å². The Balaban J connectivity index is 1.64. The van der Waals surface area contributed by atoms with Crippen molar-refractivity contribution in [3.8, 4) is 0 Å². The van der Waals surface area contributed by atoms with Crippen molar-refractivity contribution in [2.45, 2.75) is 26.9 Å². The zero-order valence-electron chi connectivity index (χ0n) is 11.8. The zero-order valence-corrected chi connectivity index (χ0v) is 12.6. The van der Waals surface area contributed by atoms with Gasteiger partial charge in [-0.1, -0.05) is 41.5 Å². The molecule has 102 valence electrons. The van der Waals surface area contributed by atoms with Crippen LogP contribution < -0.4 is 5.32 Å². The van der Waals surface area contributed by atoms with Gasteiger partial charge in [-0.2, -0.15) is 0 Å². The molecule has 0 saturated carbocycles. The van der Waals surface area contributed by atoms with E-state index >= 15 is 0 Å². The first kappa shape index (κ1) is 13.3. The van der Waals surface area contributed by atoms with Gasteiger partial charge in [-0.3, -0.25) is 0 Å². The van der Waals surface area contributed by atoms with Crippen molar-refractivity contribution in [2.24, 2.45) is 0 Å². The van der Waals surface area contributed by atoms with E-state index in [0.717, 1.165) is 23.6 Å². The highest BCUT2D eigenvalue weighted by atomic mass is 32.1. The summed E-state index contributed by atoms with van der Waals surface area (Å²) in [7, 11) is 0. The Labute approximate surface area is 123 Å². The first-order valence-electron chi connectivity index (χ1n) is 6.83. The quantitative estimate of drug-likeness (QED) is 0.775. The molecule has 3 heteroatoms. The molecule has 0 amide bonds. The van der Waals surface area contributed by atoms with E-state index in [0.29, 0.717) is 0 Å². The predicted octanol–water partition coefficient (Wildman–Crippen LogP) is 4.20. The van der Waals surface area contributed by atoms with Gasteiger partial charge in [0.2, 0.25) is 0 Å². The van der Waals surface area contributed by atoms with Gasteiger partial charge in [0.15, 0.2) is 0 Å². The molecule has 1 aromatic heterocycles. The average Bonchev–Trinajstić information content (AvgIpc) is 2.80. The maximum absolute atomic E-state index is 4.64. The van der Waals surface area contributed by atoms with Crippen LogP contribution in [-0.4, -0.2) is 4.98 Å². The molecule has 1 N–H and O–H groups in total. The van der Waals surface area contributed by atoms with E-state index in [-0.39, 0.29) is 0 Å². The molecule has 3 aromatic rings. The molecule has 0 fully saturated rings. The third-order valence-electron chi connectivity index (χ3n) is 3.23. The fraction of sp³-hybridized carbons (Fsp3) is 0.235. The number of rotatable bonds is 4. The monoisotopic (exact) mass is 282 g/mol. The molecular formula is C17H18N2S. The van der Waals surface area contributed by atoms with Crippen LogP contribution in [0, 0.1) is 13.8 Å². The van der Waals surface area contributed by atoms with Crippen LogP contribution in [0.3, 0.4) is 0 Å². The number of para-hydroxylation sites is 1. The van der Waals surface area contributed by atoms with E-state index in [4.69, 9.17) is 0 Å². The minimum atomic E-state index is 0.826. The number of hydrogen-bond acceptors (Lipinski definition) is 3. The van der Waals surface area contributed by atoms with Gasteiger partial charge < -0.3 is 5.32 Å². The van der Waals surface area contributed by atoms with Crippen molar-refractivity contribution in [2.75, 3.05) is 0 Å². The van der Waals surface area contributed by atoms with Crippen molar-refractivity contribution in [1.82, 2.24) is 10.3 Å². The van der Waals surface area contributed by atoms with Crippen molar-refractivity contribution in [3.63, 3.8) is 0 Å². The van der Waals surface area contributed by atoms with Crippen LogP contribution >= 0.6 is 11.3 Å². The fourth-order valence-corrected chi connectivity index (χ4v) is 3.42. The number of aryl methyl sites for hydroxylation is 2. The Morgan fingerprint density at radius 3 is 2.50 bits per heavy atom. The topological polar surface area (TPSA) is 24.9 Å². The summed E-state index contributed by atoms with van der Waals surface area (Å²) in [6, 6.07) is 15.0. The van der Waals surface area contributed by atoms with Crippen LogP contribution in [0.2, 0.25) is 0 Å². The van der Waals surface area contributed by atoms with Crippen LogP contribution in [0.4, 0.5) is 0 Å². The average molecular weight is 282 g/mol. The molecule has 2 nitrogen and oxygen atoms in total. The van der Waals surface area contributed by atoms with Gasteiger partial charge in [0, 0.05) is 13.1 Å². The van der Waals surface area contributed by atoms with Crippen LogP contribution in [0.5, 0.6) is 0 Å². The van der Waals surface area contributed by atoms with E-state index in [1.165, 1.54) is 21.4 Å². The highest BCUT2D eigenvalue weighted by Crippen LogP contribution is 2.21. The molecule has 0 atom stereocenters. The molecule has 3 rings (SSSR count). The molecular weight excluding hydrogens is 264 g/mol. The summed E-state index contributed by atoms with van der Waals surface area (Å²) in [6.45, 7) is 6.00. The fourth-order valence-electron chi connectivity index (χ4n) is 2.48. The molecule has 0 aliphatic heterocycles. The summed E-state index contributed by atoms with van der Waals surface area (Å²) in [5.41, 5.74) is 5.08. The number of nitrogens with zero attached hydrogens (tertiary/aromatic N) is 1. The normalized spacial score (nSPS) is 11.1. The van der Waals surface area contributed by atoms with E-state index < -0.39 is 0 Å². The van der Waals surface area contributed by atoms with Crippen LogP contribution in [0.15, 0.2) is 42.5 Å². The van der Waals surface area contributed by atoms with Crippen molar-refractivity contribution in [1.29, 1.82) is 0 Å². The molecule has 20 heavy (non-hydrogen) atoms. The largest absolute Gasteiger partial charge is 0.306 e. The second kappa shape index (κ2) is 5.73. The zero-order chi connectivity index (χ0) is 13.9. The summed E-state index contributed by atoms with van der Waals surface area (Å²) >= 11 is 1.77. The highest BCUT2D eigenvalue weighted by Gasteiger charge is 2.02. The molecule has 0 saturated heterocycles. The number of aromatic nitrogens is 1. The first-order chi connectivity index (χ1) is 9.70. The maximum Gasteiger partial charge on any atom is 0.108 e. The smallest absolute Gasteiger partial charge is 0.108 e. The summed E-state index contributed by atoms with van der Waals surface area (Å²) < 4.78 is 1.26. The third kappa shape index (κ3) is 3.06. The lowest BCUT2D eigenvalue weighted by Gasteiger charge is -2.05. The standard InChI is InChI=1S/C17H18N2S/c1-12-7-13(2)9-14(8-12)10-18-11-17-19-15-5-3-4-6-16(15)20-17/h3-9,18H,10-11H2,1-2H3. The molecule has 1 heterocycles. The van der Waals surface area contributed by atoms with Crippen molar-refractivity contribution < 1.29 is 0 Å². The maximum atomic E-state index is 4.64. The van der Waals surface area contributed by atoms with Gasteiger partial charge in [-0.05, 0) is 31.5 Å². The van der Waals surface area contributed by atoms with Crippen LogP contribution in [0.25, 0.3) is 10.2 Å². The SMILES string of the molecule is Cc1cc(C)cc(CNCc2nc3ccccc3s2)c1. The lowest BCUT2D eigenvalue weighted by atomic mass is 10.1. The second-order valence-electron chi connectivity index (χ2n) is 5.17. The molecule has 0 radical (unpaired) electrons. The van der Waals surface area contributed by atoms with E-state index in [2.05, 4.69) is 60.5 Å². The number of hydrogen-bond donors (Lipinski definition) is 1. The molecule has 0 aliphatic carbocycles. The first-order valence-corrected chi connectivity index (χ1v) is 7.65. The summed E-state index contributed by atoms with van der Waals surface area (Å²) in [4.78, 5) is 4.64. The Hall–Kier alpha value is -1.71. The minimum Gasteiger partial charge on any atom is -0.306 e. The van der Waals surface area contributed by atoms with Gasteiger partial charge in [-0.15, -0.1) is 11.3 Å². The summed E-state index contributed by atoms with van der Waals surface area (Å²) in [5, 5.41) is 4.63. The summed E-state index contributed by atoms with van der Waals surface area (Å²) in [6.07, 6.45) is 0. The van der Waals surface area contributed by atoms with Gasteiger partial charge in [0.25, 0.3) is 0 Å². The number of nitrogens with one attached hydrogen (secondary N) is 1. The third-order valence-corrected chi connectivity index (χ3v) is 4.26. The lowest BCUT2D eigenvalue weighted by Crippen LogP contribution is -2.12. The minimum absolute atomic E-state index is 0.826. The molecule has 0 bridgehead atoms. The van der Waals surface area contributed by atoms with E-state index in [9.17, 15) is 0 Å². The van der Waals surface area contributed by atoms with Gasteiger partial charge in [0.1, 0.15) is 5.01 Å². The number of benzene rings is 2. The Bertz CT molecular complexity index is 677. The van der Waals surface area contributed by atoms with Crippen molar-refractivity contribution >= 4 is 21.6 Å². The Kier molecular flexibility index (Phi) is 3.81. The van der Waals surface area contributed by atoms with Gasteiger partial charge in [0.05, 0.1) is 10.2 Å². The van der Waals surface area contributed by atoms with Crippen molar-refractivity contribution in [3.05, 3.63) is 64.2 Å². The molecule has 0 spiro atoms. The Morgan fingerprint density at radius 2 is 1.75 bits per heavy atom. The molecule has 0 unspecified atom stereocenters. The number of fused-ring (bicyclic) bond motifs is 1. The second-order valence-corrected chi connectivity index (χ2v) is 6.29.